The fourth-order valence-electron chi connectivity index (χ4n) is 3.95. The van der Waals surface area contributed by atoms with Crippen molar-refractivity contribution in [1.29, 1.82) is 0 Å². The molecule has 1 atom stereocenters. The Morgan fingerprint density at radius 2 is 2.12 bits per heavy atom. The number of nitrogens with zero attached hydrogens (tertiary/aromatic N) is 4. The van der Waals surface area contributed by atoms with Crippen LogP contribution >= 0.6 is 23.4 Å². The molecule has 1 aromatic carbocycles. The first kappa shape index (κ1) is 21.0. The molecule has 4 N–H and O–H groups in total. The highest BCUT2D eigenvalue weighted by Gasteiger charge is 2.26. The molecule has 0 radical (unpaired) electrons. The molecule has 164 valence electrons. The Labute approximate surface area is 193 Å². The highest BCUT2D eigenvalue weighted by atomic mass is 35.5. The molecule has 0 unspecified atom stereocenters. The number of aromatic nitrogens is 4. The van der Waals surface area contributed by atoms with Gasteiger partial charge in [-0.25, -0.2) is 19.7 Å². The number of hydrogen-bond acceptors (Lipinski definition) is 7. The van der Waals surface area contributed by atoms with Gasteiger partial charge in [-0.2, -0.15) is 0 Å². The van der Waals surface area contributed by atoms with E-state index in [1.54, 1.807) is 6.07 Å². The molecule has 0 bridgehead atoms. The number of hydrogen-bond donors (Lipinski definition) is 3. The Morgan fingerprint density at radius 3 is 2.84 bits per heavy atom. The number of nitrogens with one attached hydrogen (secondary N) is 1. The minimum absolute atomic E-state index is 0.0121. The number of carboxylic acids is 1. The van der Waals surface area contributed by atoms with E-state index in [9.17, 15) is 9.90 Å². The number of carboxylic acid groups (broad SMARTS) is 1. The zero-order valence-electron chi connectivity index (χ0n) is 17.3. The summed E-state index contributed by atoms with van der Waals surface area (Å²) in [7, 11) is 0. The molecule has 1 fully saturated rings. The van der Waals surface area contributed by atoms with E-state index in [1.165, 1.54) is 17.8 Å². The Morgan fingerprint density at radius 1 is 1.31 bits per heavy atom. The summed E-state index contributed by atoms with van der Waals surface area (Å²) in [6.45, 7) is 3.58. The first-order valence-corrected chi connectivity index (χ1v) is 11.5. The van der Waals surface area contributed by atoms with Gasteiger partial charge < -0.3 is 20.7 Å². The van der Waals surface area contributed by atoms with E-state index in [0.717, 1.165) is 53.1 Å². The van der Waals surface area contributed by atoms with E-state index in [4.69, 9.17) is 27.3 Å². The predicted octanol–water partition coefficient (Wildman–Crippen LogP) is 4.11. The lowest BCUT2D eigenvalue weighted by molar-refractivity contribution is 0.0691. The normalized spacial score (nSPS) is 16.3. The van der Waals surface area contributed by atoms with Crippen molar-refractivity contribution in [3.05, 3.63) is 46.7 Å². The number of nitrogens with two attached hydrogens (primary N) is 1. The molecule has 1 aliphatic heterocycles. The number of aromatic carboxylic acids is 1. The second kappa shape index (κ2) is 8.23. The lowest BCUT2D eigenvalue weighted by Crippen LogP contribution is -2.27. The summed E-state index contributed by atoms with van der Waals surface area (Å²) in [5.74, 6) is -0.263. The highest BCUT2D eigenvalue weighted by Crippen LogP contribution is 2.37. The van der Waals surface area contributed by atoms with Crippen molar-refractivity contribution in [1.82, 2.24) is 19.9 Å². The van der Waals surface area contributed by atoms with Gasteiger partial charge in [-0.15, -0.1) is 0 Å². The minimum atomic E-state index is -1.05. The summed E-state index contributed by atoms with van der Waals surface area (Å²) in [6, 6.07) is 9.08. The predicted molar refractivity (Wildman–Crippen MR) is 126 cm³/mol. The molecule has 0 amide bonds. The number of anilines is 1. The topological polar surface area (TPSA) is 121 Å². The number of benzene rings is 1. The Balaban J connectivity index is 1.57. The Bertz CT molecular complexity index is 1360. The largest absolute Gasteiger partial charge is 0.477 e. The van der Waals surface area contributed by atoms with Gasteiger partial charge >= 0.3 is 5.97 Å². The van der Waals surface area contributed by atoms with Crippen molar-refractivity contribution in [3.63, 3.8) is 0 Å². The van der Waals surface area contributed by atoms with Crippen LogP contribution in [0.1, 0.15) is 29.5 Å². The second-order valence-corrected chi connectivity index (χ2v) is 9.20. The van der Waals surface area contributed by atoms with E-state index in [1.807, 2.05) is 25.1 Å². The lowest BCUT2D eigenvalue weighted by Gasteiger charge is -2.18. The fourth-order valence-corrected chi connectivity index (χ4v) is 5.09. The molecular formula is C22H21ClN6O2S. The number of carbonyl (C=O) groups is 1. The third-order valence-electron chi connectivity index (χ3n) is 5.59. The van der Waals surface area contributed by atoms with Crippen molar-refractivity contribution in [3.8, 4) is 0 Å². The van der Waals surface area contributed by atoms with Gasteiger partial charge in [0.05, 0.1) is 15.9 Å². The van der Waals surface area contributed by atoms with Crippen molar-refractivity contribution < 1.29 is 9.90 Å². The van der Waals surface area contributed by atoms with Gasteiger partial charge in [0.15, 0.2) is 5.16 Å². The van der Waals surface area contributed by atoms with Crippen LogP contribution in [0.3, 0.4) is 0 Å². The maximum Gasteiger partial charge on any atom is 0.354 e. The van der Waals surface area contributed by atoms with E-state index < -0.39 is 5.97 Å². The first-order valence-electron chi connectivity index (χ1n) is 10.3. The van der Waals surface area contributed by atoms with Crippen LogP contribution in [0.5, 0.6) is 0 Å². The third-order valence-corrected chi connectivity index (χ3v) is 6.86. The summed E-state index contributed by atoms with van der Waals surface area (Å²) in [5, 5.41) is 12.2. The number of aromatic amines is 1. The summed E-state index contributed by atoms with van der Waals surface area (Å²) in [6.07, 6.45) is 1.66. The Hall–Kier alpha value is -2.88. The number of aryl methyl sites for hydroxylation is 1. The fraction of sp³-hybridized carbons (Fsp3) is 0.273. The van der Waals surface area contributed by atoms with Gasteiger partial charge in [-0.1, -0.05) is 30.7 Å². The molecular weight excluding hydrogens is 448 g/mol. The summed E-state index contributed by atoms with van der Waals surface area (Å²) >= 11 is 8.06. The first-order chi connectivity index (χ1) is 15.4. The van der Waals surface area contributed by atoms with Crippen molar-refractivity contribution in [2.75, 3.05) is 18.0 Å². The van der Waals surface area contributed by atoms with Crippen LogP contribution in [0.4, 0.5) is 5.82 Å². The SMILES string of the molecule is CCc1[nH]c2nc(Sc3ccc4ccc(C(=O)O)nc4c3)nc(N3CC[C@H](N)C3)c2c1Cl. The zero-order valence-corrected chi connectivity index (χ0v) is 18.9. The zero-order chi connectivity index (χ0) is 22.4. The van der Waals surface area contributed by atoms with Gasteiger partial charge in [0, 0.05) is 35.1 Å². The van der Waals surface area contributed by atoms with Crippen LogP contribution in [0.2, 0.25) is 5.02 Å². The van der Waals surface area contributed by atoms with E-state index >= 15 is 0 Å². The molecule has 1 aliphatic rings. The molecule has 0 spiro atoms. The summed E-state index contributed by atoms with van der Waals surface area (Å²) in [4.78, 5) is 31.4. The van der Waals surface area contributed by atoms with E-state index in [-0.39, 0.29) is 11.7 Å². The maximum atomic E-state index is 11.3. The highest BCUT2D eigenvalue weighted by molar-refractivity contribution is 7.99. The van der Waals surface area contributed by atoms with Crippen molar-refractivity contribution in [2.45, 2.75) is 35.9 Å². The van der Waals surface area contributed by atoms with Crippen LogP contribution in [0.25, 0.3) is 21.9 Å². The summed E-state index contributed by atoms with van der Waals surface area (Å²) in [5.41, 5.74) is 8.40. The van der Waals surface area contributed by atoms with Gasteiger partial charge in [0.2, 0.25) is 0 Å². The quantitative estimate of drug-likeness (QED) is 0.374. The number of pyridine rings is 1. The average molecular weight is 469 g/mol. The van der Waals surface area contributed by atoms with Gasteiger partial charge in [-0.3, -0.25) is 0 Å². The molecule has 0 saturated carbocycles. The van der Waals surface area contributed by atoms with E-state index in [0.29, 0.717) is 21.3 Å². The molecule has 4 aromatic rings. The Kier molecular flexibility index (Phi) is 5.40. The third kappa shape index (κ3) is 3.76. The number of fused-ring (bicyclic) bond motifs is 2. The average Bonchev–Trinajstić information content (AvgIpc) is 3.35. The number of H-pyrrole nitrogens is 1. The molecule has 1 saturated heterocycles. The van der Waals surface area contributed by atoms with Crippen LogP contribution in [-0.4, -0.2) is 50.1 Å². The van der Waals surface area contributed by atoms with Gasteiger partial charge in [0.25, 0.3) is 0 Å². The molecule has 4 heterocycles. The molecule has 0 aliphatic carbocycles. The van der Waals surface area contributed by atoms with Gasteiger partial charge in [0.1, 0.15) is 17.2 Å². The molecule has 5 rings (SSSR count). The van der Waals surface area contributed by atoms with E-state index in [2.05, 4.69) is 14.9 Å². The van der Waals surface area contributed by atoms with Crippen LogP contribution < -0.4 is 10.6 Å². The summed E-state index contributed by atoms with van der Waals surface area (Å²) < 4.78 is 0. The molecule has 8 nitrogen and oxygen atoms in total. The minimum Gasteiger partial charge on any atom is -0.477 e. The van der Waals surface area contributed by atoms with Crippen LogP contribution in [0.15, 0.2) is 40.4 Å². The van der Waals surface area contributed by atoms with Crippen molar-refractivity contribution in [2.24, 2.45) is 5.73 Å². The lowest BCUT2D eigenvalue weighted by atomic mass is 10.2. The molecule has 3 aromatic heterocycles. The smallest absolute Gasteiger partial charge is 0.354 e. The van der Waals surface area contributed by atoms with Gasteiger partial charge in [-0.05, 0) is 42.8 Å². The van der Waals surface area contributed by atoms with Crippen molar-refractivity contribution >= 4 is 57.1 Å². The number of halogens is 1. The van der Waals surface area contributed by atoms with Crippen LogP contribution in [-0.2, 0) is 6.42 Å². The monoisotopic (exact) mass is 468 g/mol. The molecule has 32 heavy (non-hydrogen) atoms. The number of rotatable bonds is 5. The van der Waals surface area contributed by atoms with Crippen LogP contribution in [0, 0.1) is 0 Å². The standard InChI is InChI=1S/C22H21ClN6O2S/c1-2-14-18(23)17-19(26-14)27-22(28-20(17)29-8-7-12(24)10-29)32-13-5-3-11-4-6-15(21(30)31)25-16(11)9-13/h3-6,9,12H,2,7-8,10,24H2,1H3,(H,30,31)(H,26,27,28)/t12-/m0/s1. The molecule has 10 heteroatoms. The second-order valence-electron chi connectivity index (χ2n) is 7.78. The maximum absolute atomic E-state index is 11.3.